The SMILES string of the molecule is CC(NC(=O)C(Cc1ccccc1)NC(=O)C(N)CC(=O)O)C(=O)NC(CO)C(=O)O. The molecule has 0 aliphatic carbocycles. The lowest BCUT2D eigenvalue weighted by atomic mass is 10.0. The van der Waals surface area contributed by atoms with E-state index in [-0.39, 0.29) is 6.42 Å². The number of hydrogen-bond acceptors (Lipinski definition) is 7. The predicted octanol–water partition coefficient (Wildman–Crippen LogP) is -2.42. The molecule has 1 rings (SSSR count). The summed E-state index contributed by atoms with van der Waals surface area (Å²) < 4.78 is 0. The smallest absolute Gasteiger partial charge is 0.328 e. The standard InChI is InChI=1S/C19H26N4O8/c1-10(16(27)23-14(9-24)19(30)31)21-18(29)13(7-11-5-3-2-4-6-11)22-17(28)12(20)8-15(25)26/h2-6,10,12-14,24H,7-9,20H2,1H3,(H,21,29)(H,22,28)(H,23,27)(H,25,26)(H,30,31). The Hall–Kier alpha value is -3.51. The number of benzene rings is 1. The lowest BCUT2D eigenvalue weighted by molar-refractivity contribution is -0.143. The van der Waals surface area contributed by atoms with Gasteiger partial charge in [0.15, 0.2) is 0 Å². The third kappa shape index (κ3) is 8.80. The zero-order chi connectivity index (χ0) is 23.6. The lowest BCUT2D eigenvalue weighted by Crippen LogP contribution is -2.57. The second-order valence-electron chi connectivity index (χ2n) is 6.77. The summed E-state index contributed by atoms with van der Waals surface area (Å²) in [5, 5.41) is 33.5. The fraction of sp³-hybridized carbons (Fsp3) is 0.421. The first kappa shape index (κ1) is 25.5. The van der Waals surface area contributed by atoms with Crippen LogP contribution in [-0.4, -0.2) is 75.8 Å². The average Bonchev–Trinajstić information content (AvgIpc) is 2.70. The molecule has 0 aromatic heterocycles. The van der Waals surface area contributed by atoms with Crippen molar-refractivity contribution in [3.8, 4) is 0 Å². The number of amides is 3. The third-order valence-electron chi connectivity index (χ3n) is 4.20. The first-order valence-electron chi connectivity index (χ1n) is 9.31. The Balaban J connectivity index is 2.89. The van der Waals surface area contributed by atoms with Crippen LogP contribution in [0.4, 0.5) is 0 Å². The van der Waals surface area contributed by atoms with Gasteiger partial charge in [-0.25, -0.2) is 4.79 Å². The highest BCUT2D eigenvalue weighted by molar-refractivity contribution is 5.94. The van der Waals surface area contributed by atoms with Crippen LogP contribution in [-0.2, 0) is 30.4 Å². The van der Waals surface area contributed by atoms with Gasteiger partial charge in [0.2, 0.25) is 17.7 Å². The molecular weight excluding hydrogens is 412 g/mol. The minimum absolute atomic E-state index is 0.0287. The molecule has 4 unspecified atom stereocenters. The molecule has 1 aromatic rings. The van der Waals surface area contributed by atoms with E-state index in [2.05, 4.69) is 16.0 Å². The van der Waals surface area contributed by atoms with Gasteiger partial charge in [0.1, 0.15) is 18.1 Å². The Kier molecular flexibility index (Phi) is 10.1. The van der Waals surface area contributed by atoms with Gasteiger partial charge in [-0.3, -0.25) is 19.2 Å². The van der Waals surface area contributed by atoms with Crippen molar-refractivity contribution in [1.82, 2.24) is 16.0 Å². The maximum Gasteiger partial charge on any atom is 0.328 e. The molecule has 0 aliphatic rings. The van der Waals surface area contributed by atoms with Gasteiger partial charge in [0.05, 0.1) is 19.1 Å². The molecule has 1 aromatic carbocycles. The fourth-order valence-corrected chi connectivity index (χ4v) is 2.48. The summed E-state index contributed by atoms with van der Waals surface area (Å²) in [4.78, 5) is 58.7. The fourth-order valence-electron chi connectivity index (χ4n) is 2.48. The van der Waals surface area contributed by atoms with Gasteiger partial charge in [0, 0.05) is 6.42 Å². The molecule has 0 bridgehead atoms. The molecule has 4 atom stereocenters. The average molecular weight is 438 g/mol. The molecule has 3 amide bonds. The first-order chi connectivity index (χ1) is 14.5. The van der Waals surface area contributed by atoms with E-state index in [1.54, 1.807) is 30.3 Å². The number of carboxylic acid groups (broad SMARTS) is 2. The van der Waals surface area contributed by atoms with Gasteiger partial charge in [-0.05, 0) is 12.5 Å². The van der Waals surface area contributed by atoms with E-state index < -0.39 is 66.9 Å². The zero-order valence-electron chi connectivity index (χ0n) is 16.8. The molecule has 12 heteroatoms. The topological polar surface area (TPSA) is 208 Å². The van der Waals surface area contributed by atoms with Crippen LogP contribution in [0.5, 0.6) is 0 Å². The normalized spacial score (nSPS) is 14.4. The van der Waals surface area contributed by atoms with Crippen LogP contribution in [0.3, 0.4) is 0 Å². The minimum atomic E-state index is -1.54. The number of carbonyl (C=O) groups is 5. The maximum atomic E-state index is 12.7. The second-order valence-corrected chi connectivity index (χ2v) is 6.77. The molecule has 0 aliphatic heterocycles. The van der Waals surface area contributed by atoms with E-state index in [0.29, 0.717) is 5.56 Å². The van der Waals surface area contributed by atoms with Crippen LogP contribution >= 0.6 is 0 Å². The second kappa shape index (κ2) is 12.2. The molecule has 0 radical (unpaired) electrons. The third-order valence-corrected chi connectivity index (χ3v) is 4.20. The van der Waals surface area contributed by atoms with Crippen molar-refractivity contribution in [2.24, 2.45) is 5.73 Å². The van der Waals surface area contributed by atoms with E-state index in [1.165, 1.54) is 6.92 Å². The highest BCUT2D eigenvalue weighted by Crippen LogP contribution is 2.05. The number of hydrogen-bond donors (Lipinski definition) is 7. The van der Waals surface area contributed by atoms with Gasteiger partial charge >= 0.3 is 11.9 Å². The Morgan fingerprint density at radius 1 is 0.903 bits per heavy atom. The highest BCUT2D eigenvalue weighted by Gasteiger charge is 2.28. The Labute approximate surface area is 177 Å². The number of carbonyl (C=O) groups excluding carboxylic acids is 3. The number of nitrogens with one attached hydrogen (secondary N) is 3. The Bertz CT molecular complexity index is 801. The Morgan fingerprint density at radius 3 is 2.00 bits per heavy atom. The van der Waals surface area contributed by atoms with E-state index in [4.69, 9.17) is 21.1 Å². The molecular formula is C19H26N4O8. The van der Waals surface area contributed by atoms with Gasteiger partial charge in [-0.15, -0.1) is 0 Å². The summed E-state index contributed by atoms with van der Waals surface area (Å²) in [6.45, 7) is 0.455. The molecule has 0 spiro atoms. The van der Waals surface area contributed by atoms with Crippen molar-refractivity contribution >= 4 is 29.7 Å². The predicted molar refractivity (Wildman–Crippen MR) is 107 cm³/mol. The van der Waals surface area contributed by atoms with Crippen LogP contribution in [0.15, 0.2) is 30.3 Å². The number of aliphatic hydroxyl groups is 1. The largest absolute Gasteiger partial charge is 0.481 e. The number of carboxylic acids is 2. The quantitative estimate of drug-likeness (QED) is 0.185. The van der Waals surface area contributed by atoms with Gasteiger partial charge in [-0.2, -0.15) is 0 Å². The maximum absolute atomic E-state index is 12.7. The van der Waals surface area contributed by atoms with E-state index in [9.17, 15) is 24.0 Å². The van der Waals surface area contributed by atoms with Gasteiger partial charge < -0.3 is 37.0 Å². The van der Waals surface area contributed by atoms with Crippen molar-refractivity contribution < 1.29 is 39.3 Å². The van der Waals surface area contributed by atoms with E-state index in [1.807, 2.05) is 0 Å². The number of aliphatic hydroxyl groups excluding tert-OH is 1. The number of aliphatic carboxylic acids is 2. The van der Waals surface area contributed by atoms with E-state index >= 15 is 0 Å². The van der Waals surface area contributed by atoms with Crippen molar-refractivity contribution in [3.05, 3.63) is 35.9 Å². The monoisotopic (exact) mass is 438 g/mol. The van der Waals surface area contributed by atoms with Crippen molar-refractivity contribution in [2.45, 2.75) is 43.9 Å². The zero-order valence-corrected chi connectivity index (χ0v) is 16.8. The molecule has 170 valence electrons. The van der Waals surface area contributed by atoms with Crippen LogP contribution in [0.2, 0.25) is 0 Å². The summed E-state index contributed by atoms with van der Waals surface area (Å²) in [6.07, 6.45) is -0.608. The summed E-state index contributed by atoms with van der Waals surface area (Å²) in [5.41, 5.74) is 6.22. The van der Waals surface area contributed by atoms with Crippen LogP contribution in [0.1, 0.15) is 18.9 Å². The molecule has 31 heavy (non-hydrogen) atoms. The molecule has 0 heterocycles. The highest BCUT2D eigenvalue weighted by atomic mass is 16.4. The van der Waals surface area contributed by atoms with Crippen molar-refractivity contribution in [2.75, 3.05) is 6.61 Å². The van der Waals surface area contributed by atoms with Crippen molar-refractivity contribution in [3.63, 3.8) is 0 Å². The van der Waals surface area contributed by atoms with Crippen LogP contribution in [0, 0.1) is 0 Å². The van der Waals surface area contributed by atoms with E-state index in [0.717, 1.165) is 0 Å². The Morgan fingerprint density at radius 2 is 1.48 bits per heavy atom. The molecule has 0 fully saturated rings. The summed E-state index contributed by atoms with van der Waals surface area (Å²) in [6, 6.07) is 3.31. The molecule has 0 saturated carbocycles. The molecule has 8 N–H and O–H groups in total. The molecule has 12 nitrogen and oxygen atoms in total. The molecule has 0 saturated heterocycles. The summed E-state index contributed by atoms with van der Waals surface area (Å²) >= 11 is 0. The summed E-state index contributed by atoms with van der Waals surface area (Å²) in [5.74, 6) is -5.22. The number of rotatable bonds is 12. The first-order valence-corrected chi connectivity index (χ1v) is 9.31. The van der Waals surface area contributed by atoms with Crippen LogP contribution in [0.25, 0.3) is 0 Å². The van der Waals surface area contributed by atoms with Gasteiger partial charge in [0.25, 0.3) is 0 Å². The lowest BCUT2D eigenvalue weighted by Gasteiger charge is -2.23. The number of nitrogens with two attached hydrogens (primary N) is 1. The van der Waals surface area contributed by atoms with Crippen LogP contribution < -0.4 is 21.7 Å². The van der Waals surface area contributed by atoms with Gasteiger partial charge in [-0.1, -0.05) is 30.3 Å². The van der Waals surface area contributed by atoms with Crippen molar-refractivity contribution in [1.29, 1.82) is 0 Å². The minimum Gasteiger partial charge on any atom is -0.481 e. The summed E-state index contributed by atoms with van der Waals surface area (Å²) in [7, 11) is 0.